The molecule has 0 saturated heterocycles. The zero-order chi connectivity index (χ0) is 23.6. The van der Waals surface area contributed by atoms with Crippen LogP contribution in [0.5, 0.6) is 0 Å². The number of hydrazine groups is 1. The molecular formula is C22H16ClFN4O4S. The number of halogens is 2. The van der Waals surface area contributed by atoms with E-state index >= 15 is 0 Å². The number of sulfonamides is 1. The number of amides is 1. The van der Waals surface area contributed by atoms with Crippen LogP contribution < -0.4 is 15.8 Å². The molecule has 2 N–H and O–H groups in total. The number of carbonyl (C=O) groups excluding carboxylic acids is 1. The predicted molar refractivity (Wildman–Crippen MR) is 121 cm³/mol. The van der Waals surface area contributed by atoms with Gasteiger partial charge in [0.2, 0.25) is 0 Å². The summed E-state index contributed by atoms with van der Waals surface area (Å²) in [7, 11) is -4.25. The molecule has 1 amide bonds. The summed E-state index contributed by atoms with van der Waals surface area (Å²) < 4.78 is 39.4. The van der Waals surface area contributed by atoms with Gasteiger partial charge in [0.25, 0.3) is 21.5 Å². The van der Waals surface area contributed by atoms with Crippen LogP contribution in [-0.4, -0.2) is 24.1 Å². The maximum absolute atomic E-state index is 13.3. The second-order valence-corrected chi connectivity index (χ2v) is 9.07. The Bertz CT molecular complexity index is 1520. The molecule has 1 heterocycles. The van der Waals surface area contributed by atoms with Crippen molar-refractivity contribution in [3.8, 4) is 0 Å². The van der Waals surface area contributed by atoms with Crippen LogP contribution in [0.3, 0.4) is 0 Å². The molecule has 0 aliphatic rings. The molecule has 0 aliphatic heterocycles. The van der Waals surface area contributed by atoms with E-state index < -0.39 is 27.3 Å². The lowest BCUT2D eigenvalue weighted by Gasteiger charge is -2.12. The van der Waals surface area contributed by atoms with Gasteiger partial charge < -0.3 is 0 Å². The van der Waals surface area contributed by atoms with Gasteiger partial charge >= 0.3 is 0 Å². The molecule has 0 saturated carbocycles. The Morgan fingerprint density at radius 3 is 2.36 bits per heavy atom. The minimum atomic E-state index is -4.25. The van der Waals surface area contributed by atoms with Gasteiger partial charge in [0.15, 0.2) is 5.69 Å². The third kappa shape index (κ3) is 4.77. The molecule has 3 aromatic carbocycles. The number of carbonyl (C=O) groups is 1. The number of aromatic nitrogens is 2. The second kappa shape index (κ2) is 9.10. The van der Waals surface area contributed by atoms with E-state index in [0.29, 0.717) is 0 Å². The van der Waals surface area contributed by atoms with E-state index in [4.69, 9.17) is 11.6 Å². The first-order valence-corrected chi connectivity index (χ1v) is 11.4. The first-order chi connectivity index (χ1) is 15.8. The number of hydrogen-bond acceptors (Lipinski definition) is 5. The molecule has 0 radical (unpaired) electrons. The van der Waals surface area contributed by atoms with Crippen LogP contribution in [0.1, 0.15) is 16.1 Å². The smallest absolute Gasteiger partial charge is 0.272 e. The van der Waals surface area contributed by atoms with Gasteiger partial charge in [0.1, 0.15) is 5.82 Å². The van der Waals surface area contributed by atoms with E-state index in [2.05, 4.69) is 10.5 Å². The molecule has 11 heteroatoms. The Balaban J connectivity index is 1.67. The number of benzene rings is 3. The summed E-state index contributed by atoms with van der Waals surface area (Å²) in [5.41, 5.74) is 2.33. The largest absolute Gasteiger partial charge is 0.287 e. The van der Waals surface area contributed by atoms with Crippen molar-refractivity contribution in [1.82, 2.24) is 20.0 Å². The Hall–Kier alpha value is -3.60. The number of fused-ring (bicyclic) bond motifs is 1. The maximum Gasteiger partial charge on any atom is 0.287 e. The number of rotatable bonds is 6. The molecule has 0 fully saturated rings. The number of hydrogen-bond donors (Lipinski definition) is 2. The quantitative estimate of drug-likeness (QED) is 0.407. The van der Waals surface area contributed by atoms with E-state index in [0.717, 1.165) is 28.4 Å². The molecule has 0 atom stereocenters. The van der Waals surface area contributed by atoms with Gasteiger partial charge in [-0.1, -0.05) is 60.1 Å². The van der Waals surface area contributed by atoms with Gasteiger partial charge in [0.05, 0.1) is 21.8 Å². The van der Waals surface area contributed by atoms with Gasteiger partial charge in [0, 0.05) is 5.39 Å². The maximum atomic E-state index is 13.3. The summed E-state index contributed by atoms with van der Waals surface area (Å²) in [6.45, 7) is 0.116. The standard InChI is InChI=1S/C22H16ClFN4O4S/c23-18-12-15(10-11-19(18)24)33(31,32)27-25-21(29)20-16-8-4-5-9-17(16)22(30)28(26-20)13-14-6-2-1-3-7-14/h1-12,27H,13H2,(H,25,29). The van der Waals surface area contributed by atoms with E-state index in [1.165, 1.54) is 0 Å². The summed E-state index contributed by atoms with van der Waals surface area (Å²) >= 11 is 5.65. The zero-order valence-electron chi connectivity index (χ0n) is 16.8. The van der Waals surface area contributed by atoms with Crippen molar-refractivity contribution in [3.63, 3.8) is 0 Å². The van der Waals surface area contributed by atoms with Crippen molar-refractivity contribution in [2.45, 2.75) is 11.4 Å². The number of nitrogens with one attached hydrogen (secondary N) is 2. The van der Waals surface area contributed by atoms with Gasteiger partial charge in [-0.25, -0.2) is 17.5 Å². The van der Waals surface area contributed by atoms with Crippen LogP contribution in [0.4, 0.5) is 4.39 Å². The first-order valence-electron chi connectivity index (χ1n) is 9.57. The van der Waals surface area contributed by atoms with E-state index in [1.807, 2.05) is 35.2 Å². The van der Waals surface area contributed by atoms with Gasteiger partial charge in [-0.3, -0.25) is 15.0 Å². The summed E-state index contributed by atoms with van der Waals surface area (Å²) in [5, 5.41) is 4.31. The van der Waals surface area contributed by atoms with Crippen molar-refractivity contribution in [2.24, 2.45) is 0 Å². The lowest BCUT2D eigenvalue weighted by atomic mass is 10.1. The molecule has 33 heavy (non-hydrogen) atoms. The molecule has 4 rings (SSSR count). The zero-order valence-corrected chi connectivity index (χ0v) is 18.4. The minimum Gasteiger partial charge on any atom is -0.272 e. The highest BCUT2D eigenvalue weighted by Gasteiger charge is 2.21. The molecule has 0 spiro atoms. The van der Waals surface area contributed by atoms with E-state index in [1.54, 1.807) is 24.3 Å². The second-order valence-electron chi connectivity index (χ2n) is 6.98. The topological polar surface area (TPSA) is 110 Å². The van der Waals surface area contributed by atoms with Crippen molar-refractivity contribution < 1.29 is 17.6 Å². The summed E-state index contributed by atoms with van der Waals surface area (Å²) in [5.74, 6) is -1.67. The van der Waals surface area contributed by atoms with Crippen molar-refractivity contribution in [2.75, 3.05) is 0 Å². The summed E-state index contributed by atoms with van der Waals surface area (Å²) in [6.07, 6.45) is 0. The fourth-order valence-corrected chi connectivity index (χ4v) is 4.25. The Morgan fingerprint density at radius 2 is 1.67 bits per heavy atom. The molecule has 0 unspecified atom stereocenters. The van der Waals surface area contributed by atoms with Crippen LogP contribution in [0.25, 0.3) is 10.8 Å². The Morgan fingerprint density at radius 1 is 1.00 bits per heavy atom. The van der Waals surface area contributed by atoms with E-state index in [-0.39, 0.29) is 32.9 Å². The fourth-order valence-electron chi connectivity index (χ4n) is 3.14. The van der Waals surface area contributed by atoms with Crippen molar-refractivity contribution >= 4 is 38.3 Å². The first kappa shape index (κ1) is 22.6. The van der Waals surface area contributed by atoms with Crippen LogP contribution in [0, 0.1) is 5.82 Å². The SMILES string of the molecule is O=C(NNS(=O)(=O)c1ccc(F)c(Cl)c1)c1nn(Cc2ccccc2)c(=O)c2ccccc12. The third-order valence-corrected chi connectivity index (χ3v) is 6.29. The molecule has 0 aliphatic carbocycles. The molecule has 4 aromatic rings. The van der Waals surface area contributed by atoms with Crippen LogP contribution >= 0.6 is 11.6 Å². The van der Waals surface area contributed by atoms with Crippen LogP contribution in [0.2, 0.25) is 5.02 Å². The highest BCUT2D eigenvalue weighted by atomic mass is 35.5. The molecule has 1 aromatic heterocycles. The Labute approximate surface area is 192 Å². The van der Waals surface area contributed by atoms with Gasteiger partial charge in [-0.2, -0.15) is 5.10 Å². The highest BCUT2D eigenvalue weighted by molar-refractivity contribution is 7.89. The molecular weight excluding hydrogens is 471 g/mol. The monoisotopic (exact) mass is 486 g/mol. The average molecular weight is 487 g/mol. The minimum absolute atomic E-state index is 0.116. The molecule has 168 valence electrons. The van der Waals surface area contributed by atoms with E-state index in [9.17, 15) is 22.4 Å². The fraction of sp³-hybridized carbons (Fsp3) is 0.0455. The number of nitrogens with zero attached hydrogens (tertiary/aromatic N) is 2. The highest BCUT2D eigenvalue weighted by Crippen LogP contribution is 2.19. The summed E-state index contributed by atoms with van der Waals surface area (Å²) in [6, 6.07) is 18.3. The predicted octanol–water partition coefficient (Wildman–Crippen LogP) is 2.86. The molecule has 0 bridgehead atoms. The molecule has 8 nitrogen and oxygen atoms in total. The normalized spacial score (nSPS) is 11.5. The lowest BCUT2D eigenvalue weighted by Crippen LogP contribution is -2.42. The average Bonchev–Trinajstić information content (AvgIpc) is 2.82. The van der Waals surface area contributed by atoms with Crippen LogP contribution in [-0.2, 0) is 16.6 Å². The summed E-state index contributed by atoms with van der Waals surface area (Å²) in [4.78, 5) is 27.3. The van der Waals surface area contributed by atoms with Gasteiger partial charge in [-0.05, 0) is 29.8 Å². The van der Waals surface area contributed by atoms with Crippen molar-refractivity contribution in [1.29, 1.82) is 0 Å². The van der Waals surface area contributed by atoms with Gasteiger partial charge in [-0.15, -0.1) is 4.83 Å². The Kier molecular flexibility index (Phi) is 6.23. The van der Waals surface area contributed by atoms with Crippen LogP contribution in [0.15, 0.2) is 82.5 Å². The third-order valence-electron chi connectivity index (χ3n) is 4.76. The van der Waals surface area contributed by atoms with Crippen molar-refractivity contribution in [3.05, 3.63) is 105 Å². The lowest BCUT2D eigenvalue weighted by molar-refractivity contribution is 0.0939.